The number of para-hydroxylation sites is 1. The first-order chi connectivity index (χ1) is 19.7. The predicted molar refractivity (Wildman–Crippen MR) is 151 cm³/mol. The highest BCUT2D eigenvalue weighted by molar-refractivity contribution is 6.01. The summed E-state index contributed by atoms with van der Waals surface area (Å²) in [5.74, 6) is -2.64. The van der Waals surface area contributed by atoms with Crippen molar-refractivity contribution in [2.75, 3.05) is 43.1 Å². The second-order valence-electron chi connectivity index (χ2n) is 9.63. The molecular formula is C30H28F2N4O5. The number of benzene rings is 3. The van der Waals surface area contributed by atoms with Gasteiger partial charge in [0.05, 0.1) is 25.3 Å². The van der Waals surface area contributed by atoms with E-state index in [4.69, 9.17) is 9.84 Å². The molecule has 1 unspecified atom stereocenters. The molecule has 2 N–H and O–H groups in total. The number of carboxylic acid groups (broad SMARTS) is 2. The van der Waals surface area contributed by atoms with Crippen molar-refractivity contribution >= 4 is 41.0 Å². The van der Waals surface area contributed by atoms with Gasteiger partial charge in [-0.3, -0.25) is 4.79 Å². The van der Waals surface area contributed by atoms with Crippen LogP contribution in [0.25, 0.3) is 6.08 Å². The van der Waals surface area contributed by atoms with Gasteiger partial charge in [0.15, 0.2) is 0 Å². The van der Waals surface area contributed by atoms with Crippen molar-refractivity contribution < 1.29 is 33.3 Å². The van der Waals surface area contributed by atoms with Gasteiger partial charge in [-0.2, -0.15) is 0 Å². The maximum Gasteiger partial charge on any atom is 0.328 e. The van der Waals surface area contributed by atoms with Gasteiger partial charge in [0.2, 0.25) is 5.96 Å². The molecule has 0 aliphatic carbocycles. The van der Waals surface area contributed by atoms with Crippen LogP contribution in [0.5, 0.6) is 5.75 Å². The lowest BCUT2D eigenvalue weighted by Gasteiger charge is -2.45. The number of anilines is 2. The molecule has 0 spiro atoms. The molecule has 212 valence electrons. The summed E-state index contributed by atoms with van der Waals surface area (Å²) in [7, 11) is 1.60. The molecule has 41 heavy (non-hydrogen) atoms. The highest BCUT2D eigenvalue weighted by Crippen LogP contribution is 2.43. The quantitative estimate of drug-likeness (QED) is 0.391. The van der Waals surface area contributed by atoms with Crippen LogP contribution in [0.4, 0.5) is 25.8 Å². The zero-order chi connectivity index (χ0) is 29.1. The molecule has 0 saturated carbocycles. The summed E-state index contributed by atoms with van der Waals surface area (Å²) in [5, 5.41) is 18.9. The predicted octanol–water partition coefficient (Wildman–Crippen LogP) is 4.92. The monoisotopic (exact) mass is 562 g/mol. The Morgan fingerprint density at radius 3 is 2.41 bits per heavy atom. The maximum atomic E-state index is 15.5. The number of methoxy groups -OCH3 is 1. The van der Waals surface area contributed by atoms with E-state index in [2.05, 4.69) is 9.89 Å². The summed E-state index contributed by atoms with van der Waals surface area (Å²) in [5.41, 5.74) is 1.70. The number of piperazine rings is 1. The highest BCUT2D eigenvalue weighted by Gasteiger charge is 2.38. The Kier molecular flexibility index (Phi) is 7.86. The number of carbonyl (C=O) groups is 2. The minimum atomic E-state index is -1.17. The molecule has 0 aromatic heterocycles. The van der Waals surface area contributed by atoms with E-state index < -0.39 is 36.0 Å². The number of rotatable bonds is 7. The molecule has 9 nitrogen and oxygen atoms in total. The van der Waals surface area contributed by atoms with E-state index >= 15 is 8.78 Å². The molecule has 5 rings (SSSR count). The lowest BCUT2D eigenvalue weighted by molar-refractivity contribution is -0.137. The fourth-order valence-corrected chi connectivity index (χ4v) is 5.17. The smallest absolute Gasteiger partial charge is 0.328 e. The summed E-state index contributed by atoms with van der Waals surface area (Å²) in [4.78, 5) is 33.3. The van der Waals surface area contributed by atoms with Crippen LogP contribution in [0.2, 0.25) is 0 Å². The molecular weight excluding hydrogens is 534 g/mol. The molecule has 2 heterocycles. The van der Waals surface area contributed by atoms with E-state index in [0.717, 1.165) is 17.5 Å². The maximum absolute atomic E-state index is 15.5. The Morgan fingerprint density at radius 2 is 1.71 bits per heavy atom. The molecule has 0 amide bonds. The normalized spacial score (nSPS) is 16.9. The molecule has 11 heteroatoms. The van der Waals surface area contributed by atoms with E-state index in [9.17, 15) is 14.7 Å². The topological polar surface area (TPSA) is 106 Å². The minimum absolute atomic E-state index is 0.00711. The Labute approximate surface area is 235 Å². The lowest BCUT2D eigenvalue weighted by Crippen LogP contribution is -2.55. The van der Waals surface area contributed by atoms with Gasteiger partial charge in [0, 0.05) is 49.6 Å². The summed E-state index contributed by atoms with van der Waals surface area (Å²) in [6.45, 7) is 2.02. The Balaban J connectivity index is 1.57. The number of carboxylic acids is 2. The average molecular weight is 563 g/mol. The second-order valence-corrected chi connectivity index (χ2v) is 9.63. The van der Waals surface area contributed by atoms with Crippen LogP contribution in [0, 0.1) is 11.6 Å². The first-order valence-electron chi connectivity index (χ1n) is 13.0. The number of fused-ring (bicyclic) bond motifs is 1. The number of hydrogen-bond donors (Lipinski definition) is 2. The Morgan fingerprint density at radius 1 is 0.976 bits per heavy atom. The molecule has 3 aromatic rings. The van der Waals surface area contributed by atoms with Crippen LogP contribution in [0.1, 0.15) is 23.6 Å². The van der Waals surface area contributed by atoms with Gasteiger partial charge < -0.3 is 29.6 Å². The van der Waals surface area contributed by atoms with Gasteiger partial charge in [0.25, 0.3) is 0 Å². The van der Waals surface area contributed by atoms with Crippen LogP contribution in [0.15, 0.2) is 71.7 Å². The second kappa shape index (κ2) is 11.7. The average Bonchev–Trinajstić information content (AvgIpc) is 2.97. The third kappa shape index (κ3) is 5.84. The zero-order valence-electron chi connectivity index (χ0n) is 22.2. The van der Waals surface area contributed by atoms with E-state index in [1.54, 1.807) is 13.2 Å². The molecule has 0 radical (unpaired) electrons. The molecule has 2 aliphatic heterocycles. The Hall–Kier alpha value is -4.93. The number of aliphatic carboxylic acids is 2. The fraction of sp³-hybridized carbons (Fsp3) is 0.233. The van der Waals surface area contributed by atoms with Crippen molar-refractivity contribution in [3.05, 3.63) is 89.5 Å². The number of guanidine groups is 1. The summed E-state index contributed by atoms with van der Waals surface area (Å²) in [6.07, 6.45) is 1.80. The van der Waals surface area contributed by atoms with Crippen LogP contribution in [0.3, 0.4) is 0 Å². The highest BCUT2D eigenvalue weighted by atomic mass is 19.1. The van der Waals surface area contributed by atoms with Gasteiger partial charge in [-0.25, -0.2) is 18.6 Å². The first-order valence-corrected chi connectivity index (χ1v) is 13.0. The van der Waals surface area contributed by atoms with E-state index in [0.29, 0.717) is 37.3 Å². The number of ether oxygens (including phenoxy) is 1. The fourth-order valence-electron chi connectivity index (χ4n) is 5.17. The molecule has 1 saturated heterocycles. The standard InChI is InChI=1S/C30H28F2N4O5/c1-41-21-5-2-4-20(17-21)34-12-14-35(15-13-34)30-33-29-22(6-3-7-24(29)32)25(18-28(39)40)36(30)26-16-19(8-10-23(26)31)9-11-27(37)38/h2-11,16-17,25H,12-15,18H2,1H3,(H,37,38)(H,39,40)/b11-9+. The van der Waals surface area contributed by atoms with Crippen molar-refractivity contribution in [2.24, 2.45) is 4.99 Å². The minimum Gasteiger partial charge on any atom is -0.497 e. The first kappa shape index (κ1) is 27.6. The van der Waals surface area contributed by atoms with Crippen molar-refractivity contribution in [3.8, 4) is 5.75 Å². The van der Waals surface area contributed by atoms with E-state index in [-0.39, 0.29) is 17.3 Å². The van der Waals surface area contributed by atoms with Gasteiger partial charge in [-0.05, 0) is 42.0 Å². The van der Waals surface area contributed by atoms with E-state index in [1.165, 1.54) is 41.3 Å². The lowest BCUT2D eigenvalue weighted by atomic mass is 9.96. The molecule has 0 bridgehead atoms. The summed E-state index contributed by atoms with van der Waals surface area (Å²) < 4.78 is 35.9. The van der Waals surface area contributed by atoms with Gasteiger partial charge in [0.1, 0.15) is 23.1 Å². The number of hydrogen-bond acceptors (Lipinski definition) is 7. The van der Waals surface area contributed by atoms with Crippen LogP contribution >= 0.6 is 0 Å². The SMILES string of the molecule is COc1cccc(N2CCN(C3=Nc4c(F)cccc4C(CC(=O)O)N3c3cc(/C=C/C(=O)O)ccc3F)CC2)c1. The van der Waals surface area contributed by atoms with Crippen LogP contribution in [-0.4, -0.2) is 66.3 Å². The third-order valence-corrected chi connectivity index (χ3v) is 7.11. The summed E-state index contributed by atoms with van der Waals surface area (Å²) in [6, 6.07) is 15.1. The van der Waals surface area contributed by atoms with Crippen LogP contribution < -0.4 is 14.5 Å². The molecule has 2 aliphatic rings. The van der Waals surface area contributed by atoms with Crippen molar-refractivity contribution in [1.29, 1.82) is 0 Å². The Bertz CT molecular complexity index is 1540. The number of aliphatic imine (C=N–C) groups is 1. The molecule has 1 atom stereocenters. The molecule has 1 fully saturated rings. The van der Waals surface area contributed by atoms with Crippen LogP contribution in [-0.2, 0) is 9.59 Å². The van der Waals surface area contributed by atoms with Crippen molar-refractivity contribution in [1.82, 2.24) is 4.90 Å². The van der Waals surface area contributed by atoms with Gasteiger partial charge in [-0.15, -0.1) is 0 Å². The van der Waals surface area contributed by atoms with Crippen molar-refractivity contribution in [2.45, 2.75) is 12.5 Å². The van der Waals surface area contributed by atoms with Crippen molar-refractivity contribution in [3.63, 3.8) is 0 Å². The molecule has 3 aromatic carbocycles. The third-order valence-electron chi connectivity index (χ3n) is 7.11. The van der Waals surface area contributed by atoms with E-state index in [1.807, 2.05) is 29.2 Å². The summed E-state index contributed by atoms with van der Waals surface area (Å²) >= 11 is 0. The van der Waals surface area contributed by atoms with Gasteiger partial charge >= 0.3 is 11.9 Å². The zero-order valence-corrected chi connectivity index (χ0v) is 22.2. The number of nitrogens with zero attached hydrogens (tertiary/aromatic N) is 4. The van der Waals surface area contributed by atoms with Gasteiger partial charge in [-0.1, -0.05) is 24.3 Å². The largest absolute Gasteiger partial charge is 0.497 e. The number of halogens is 2.